The summed E-state index contributed by atoms with van der Waals surface area (Å²) in [6, 6.07) is 27.9. The van der Waals surface area contributed by atoms with E-state index < -0.39 is 22.5 Å². The predicted molar refractivity (Wildman–Crippen MR) is 150 cm³/mol. The number of amides is 2. The first-order chi connectivity index (χ1) is 18.3. The second-order valence-electron chi connectivity index (χ2n) is 8.19. The quantitative estimate of drug-likeness (QED) is 0.269. The van der Waals surface area contributed by atoms with Crippen LogP contribution in [0.1, 0.15) is 15.9 Å². The Morgan fingerprint density at radius 1 is 0.763 bits per heavy atom. The molecule has 2 N–H and O–H groups in total. The fourth-order valence-electron chi connectivity index (χ4n) is 3.66. The molecule has 38 heavy (non-hydrogen) atoms. The minimum Gasteiger partial charge on any atom is -0.348 e. The van der Waals surface area contributed by atoms with Gasteiger partial charge in [-0.2, -0.15) is 0 Å². The van der Waals surface area contributed by atoms with Crippen LogP contribution in [0, 0.1) is 0 Å². The van der Waals surface area contributed by atoms with Crippen molar-refractivity contribution in [2.45, 2.75) is 11.4 Å². The molecule has 0 aromatic heterocycles. The molecule has 0 aliphatic carbocycles. The lowest BCUT2D eigenvalue weighted by Crippen LogP contribution is -2.38. The van der Waals surface area contributed by atoms with Crippen LogP contribution in [0.15, 0.2) is 108 Å². The highest BCUT2D eigenvalue weighted by Gasteiger charge is 2.28. The van der Waals surface area contributed by atoms with E-state index >= 15 is 0 Å². The summed E-state index contributed by atoms with van der Waals surface area (Å²) in [5, 5.41) is 5.88. The van der Waals surface area contributed by atoms with Gasteiger partial charge in [0, 0.05) is 6.54 Å². The van der Waals surface area contributed by atoms with Gasteiger partial charge in [-0.15, -0.1) is 0 Å². The Morgan fingerprint density at radius 3 is 2.08 bits per heavy atom. The molecule has 4 aromatic rings. The summed E-state index contributed by atoms with van der Waals surface area (Å²) >= 11 is 12.2. The number of benzene rings is 4. The normalized spacial score (nSPS) is 11.0. The Hall–Kier alpha value is -3.85. The first kappa shape index (κ1) is 27.2. The van der Waals surface area contributed by atoms with Gasteiger partial charge in [-0.05, 0) is 48.0 Å². The Kier molecular flexibility index (Phi) is 8.68. The monoisotopic (exact) mass is 567 g/mol. The average Bonchev–Trinajstić information content (AvgIpc) is 2.93. The van der Waals surface area contributed by atoms with Crippen molar-refractivity contribution in [3.8, 4) is 0 Å². The van der Waals surface area contributed by atoms with Gasteiger partial charge in [0.2, 0.25) is 5.91 Å². The van der Waals surface area contributed by atoms with Crippen molar-refractivity contribution < 1.29 is 18.0 Å². The third kappa shape index (κ3) is 6.52. The second kappa shape index (κ2) is 12.1. The number of nitrogens with zero attached hydrogens (tertiary/aromatic N) is 1. The zero-order chi connectivity index (χ0) is 27.1. The smallest absolute Gasteiger partial charge is 0.264 e. The summed E-state index contributed by atoms with van der Waals surface area (Å²) < 4.78 is 28.0. The summed E-state index contributed by atoms with van der Waals surface area (Å²) in [4.78, 5) is 26.1. The molecule has 0 saturated heterocycles. The number of halogens is 2. The molecular formula is C28H23Cl2N3O4S. The lowest BCUT2D eigenvalue weighted by Gasteiger charge is -2.24. The average molecular weight is 568 g/mol. The van der Waals surface area contributed by atoms with E-state index in [9.17, 15) is 18.0 Å². The molecule has 7 nitrogen and oxygen atoms in total. The molecule has 0 aliphatic rings. The van der Waals surface area contributed by atoms with E-state index in [1.165, 1.54) is 30.3 Å². The third-order valence-electron chi connectivity index (χ3n) is 5.55. The molecule has 10 heteroatoms. The number of hydrogen-bond donors (Lipinski definition) is 2. The predicted octanol–water partition coefficient (Wildman–Crippen LogP) is 5.76. The molecule has 0 spiro atoms. The number of anilines is 2. The van der Waals surface area contributed by atoms with Gasteiger partial charge in [0.25, 0.3) is 15.9 Å². The van der Waals surface area contributed by atoms with Crippen LogP contribution in [-0.4, -0.2) is 26.8 Å². The first-order valence-corrected chi connectivity index (χ1v) is 13.7. The van der Waals surface area contributed by atoms with Gasteiger partial charge in [0.15, 0.2) is 0 Å². The molecule has 194 valence electrons. The fourth-order valence-corrected chi connectivity index (χ4v) is 5.38. The standard InChI is InChI=1S/C28H23Cl2N3O4S/c29-24-16-15-21(17-25(24)30)33(38(36,37)22-11-5-2-6-12-22)19-27(34)32-26-14-8-7-13-23(26)28(35)31-18-20-9-3-1-4-10-20/h1-17H,18-19H2,(H,31,35)(H,32,34). The summed E-state index contributed by atoms with van der Waals surface area (Å²) in [7, 11) is -4.15. The zero-order valence-electron chi connectivity index (χ0n) is 20.0. The van der Waals surface area contributed by atoms with E-state index in [2.05, 4.69) is 10.6 Å². The van der Waals surface area contributed by atoms with Gasteiger partial charge in [-0.25, -0.2) is 8.42 Å². The maximum absolute atomic E-state index is 13.5. The van der Waals surface area contributed by atoms with Gasteiger partial charge < -0.3 is 10.6 Å². The first-order valence-electron chi connectivity index (χ1n) is 11.5. The van der Waals surface area contributed by atoms with E-state index in [4.69, 9.17) is 23.2 Å². The van der Waals surface area contributed by atoms with Crippen LogP contribution in [0.2, 0.25) is 10.0 Å². The van der Waals surface area contributed by atoms with E-state index in [1.807, 2.05) is 30.3 Å². The van der Waals surface area contributed by atoms with E-state index in [0.717, 1.165) is 9.87 Å². The van der Waals surface area contributed by atoms with Gasteiger partial charge >= 0.3 is 0 Å². The molecule has 0 unspecified atom stereocenters. The fraction of sp³-hybridized carbons (Fsp3) is 0.0714. The number of carbonyl (C=O) groups is 2. The molecule has 4 aromatic carbocycles. The van der Waals surface area contributed by atoms with Gasteiger partial charge in [0.05, 0.1) is 31.9 Å². The molecule has 0 saturated carbocycles. The number of para-hydroxylation sites is 1. The lowest BCUT2D eigenvalue weighted by molar-refractivity contribution is -0.114. The Bertz CT molecular complexity index is 1550. The van der Waals surface area contributed by atoms with Crippen LogP contribution >= 0.6 is 23.2 Å². The number of carbonyl (C=O) groups excluding carboxylic acids is 2. The van der Waals surface area contributed by atoms with Crippen molar-refractivity contribution in [3.63, 3.8) is 0 Å². The Morgan fingerprint density at radius 2 is 1.39 bits per heavy atom. The van der Waals surface area contributed by atoms with Gasteiger partial charge in [-0.3, -0.25) is 13.9 Å². The van der Waals surface area contributed by atoms with Crippen molar-refractivity contribution in [1.82, 2.24) is 5.32 Å². The van der Waals surface area contributed by atoms with Crippen LogP contribution in [0.5, 0.6) is 0 Å². The van der Waals surface area contributed by atoms with Gasteiger partial charge in [0.1, 0.15) is 6.54 Å². The molecule has 0 radical (unpaired) electrons. The molecule has 0 bridgehead atoms. The second-order valence-corrected chi connectivity index (χ2v) is 10.9. The number of rotatable bonds is 9. The Labute approximate surface area is 231 Å². The molecule has 0 aliphatic heterocycles. The van der Waals surface area contributed by atoms with E-state index in [1.54, 1.807) is 42.5 Å². The van der Waals surface area contributed by atoms with Crippen LogP contribution < -0.4 is 14.9 Å². The van der Waals surface area contributed by atoms with Crippen LogP contribution in [0.3, 0.4) is 0 Å². The van der Waals surface area contributed by atoms with Gasteiger partial charge in [-0.1, -0.05) is 83.9 Å². The molecule has 4 rings (SSSR count). The largest absolute Gasteiger partial charge is 0.348 e. The number of nitrogens with one attached hydrogen (secondary N) is 2. The maximum Gasteiger partial charge on any atom is 0.264 e. The van der Waals surface area contributed by atoms with Crippen LogP contribution in [-0.2, 0) is 21.4 Å². The minimum absolute atomic E-state index is 0.000405. The molecule has 0 atom stereocenters. The summed E-state index contributed by atoms with van der Waals surface area (Å²) in [6.07, 6.45) is 0. The van der Waals surface area contributed by atoms with Crippen molar-refractivity contribution in [1.29, 1.82) is 0 Å². The number of hydrogen-bond acceptors (Lipinski definition) is 4. The van der Waals surface area contributed by atoms with Crippen molar-refractivity contribution in [2.24, 2.45) is 0 Å². The molecular weight excluding hydrogens is 545 g/mol. The summed E-state index contributed by atoms with van der Waals surface area (Å²) in [5.41, 5.74) is 1.57. The van der Waals surface area contributed by atoms with E-state index in [-0.39, 0.29) is 37.8 Å². The highest BCUT2D eigenvalue weighted by molar-refractivity contribution is 7.92. The third-order valence-corrected chi connectivity index (χ3v) is 8.08. The lowest BCUT2D eigenvalue weighted by atomic mass is 10.1. The highest BCUT2D eigenvalue weighted by atomic mass is 35.5. The SMILES string of the molecule is O=C(CN(c1ccc(Cl)c(Cl)c1)S(=O)(=O)c1ccccc1)Nc1ccccc1C(=O)NCc1ccccc1. The van der Waals surface area contributed by atoms with Crippen molar-refractivity contribution in [3.05, 3.63) is 124 Å². The Balaban J connectivity index is 1.57. The minimum atomic E-state index is -4.15. The number of sulfonamides is 1. The molecule has 0 fully saturated rings. The van der Waals surface area contributed by atoms with Crippen LogP contribution in [0.4, 0.5) is 11.4 Å². The topological polar surface area (TPSA) is 95.6 Å². The highest BCUT2D eigenvalue weighted by Crippen LogP contribution is 2.30. The van der Waals surface area contributed by atoms with E-state index in [0.29, 0.717) is 6.54 Å². The zero-order valence-corrected chi connectivity index (χ0v) is 22.3. The molecule has 2 amide bonds. The van der Waals surface area contributed by atoms with Crippen molar-refractivity contribution in [2.75, 3.05) is 16.2 Å². The summed E-state index contributed by atoms with van der Waals surface area (Å²) in [6.45, 7) is -0.266. The van der Waals surface area contributed by atoms with Crippen molar-refractivity contribution >= 4 is 56.4 Å². The molecule has 0 heterocycles. The van der Waals surface area contributed by atoms with Crippen LogP contribution in [0.25, 0.3) is 0 Å². The maximum atomic E-state index is 13.5. The summed E-state index contributed by atoms with van der Waals surface area (Å²) in [5.74, 6) is -1.04.